The molecule has 0 saturated carbocycles. The molecule has 2 aromatic carbocycles. The summed E-state index contributed by atoms with van der Waals surface area (Å²) in [6.45, 7) is 3.17. The van der Waals surface area contributed by atoms with Gasteiger partial charge >= 0.3 is 0 Å². The van der Waals surface area contributed by atoms with Crippen LogP contribution in [0.5, 0.6) is 0 Å². The summed E-state index contributed by atoms with van der Waals surface area (Å²) in [7, 11) is 0. The van der Waals surface area contributed by atoms with E-state index in [0.29, 0.717) is 42.8 Å². The number of amides is 1. The Labute approximate surface area is 162 Å². The second-order valence-electron chi connectivity index (χ2n) is 7.11. The highest BCUT2D eigenvalue weighted by molar-refractivity contribution is 6.05. The van der Waals surface area contributed by atoms with E-state index in [1.54, 1.807) is 23.1 Å². The first-order valence-corrected chi connectivity index (χ1v) is 9.49. The minimum absolute atomic E-state index is 0.130. The van der Waals surface area contributed by atoms with Crippen LogP contribution in [0.25, 0.3) is 10.9 Å². The number of benzene rings is 2. The summed E-state index contributed by atoms with van der Waals surface area (Å²) in [5, 5.41) is 0.750. The van der Waals surface area contributed by atoms with E-state index in [0.717, 1.165) is 18.4 Å². The molecule has 0 aliphatic carbocycles. The molecule has 0 bridgehead atoms. The Kier molecular flexibility index (Phi) is 5.21. The lowest BCUT2D eigenvalue weighted by Crippen LogP contribution is -2.35. The van der Waals surface area contributed by atoms with Gasteiger partial charge in [0.05, 0.1) is 5.56 Å². The number of hydrogen-bond donors (Lipinski definition) is 1. The monoisotopic (exact) mass is 379 g/mol. The molecule has 1 aliphatic rings. The van der Waals surface area contributed by atoms with E-state index >= 15 is 0 Å². The maximum atomic E-state index is 13.9. The van der Waals surface area contributed by atoms with Crippen LogP contribution in [0.15, 0.2) is 59.4 Å². The van der Waals surface area contributed by atoms with Crippen molar-refractivity contribution in [3.8, 4) is 0 Å². The zero-order valence-corrected chi connectivity index (χ0v) is 15.5. The summed E-state index contributed by atoms with van der Waals surface area (Å²) in [6, 6.07) is 15.5. The highest BCUT2D eigenvalue weighted by Crippen LogP contribution is 2.18. The number of H-pyrrole nitrogens is 1. The normalized spacial score (nSPS) is 15.5. The summed E-state index contributed by atoms with van der Waals surface area (Å²) >= 11 is 0. The Morgan fingerprint density at radius 2 is 1.79 bits per heavy atom. The average Bonchev–Trinajstić information content (AvgIpc) is 2.94. The molecule has 6 heteroatoms. The van der Waals surface area contributed by atoms with Crippen molar-refractivity contribution in [3.63, 3.8) is 0 Å². The van der Waals surface area contributed by atoms with Gasteiger partial charge in [0.15, 0.2) is 0 Å². The van der Waals surface area contributed by atoms with Crippen LogP contribution < -0.4 is 5.56 Å². The van der Waals surface area contributed by atoms with E-state index < -0.39 is 0 Å². The van der Waals surface area contributed by atoms with Crippen LogP contribution >= 0.6 is 0 Å². The first-order chi connectivity index (χ1) is 13.6. The smallest absolute Gasteiger partial charge is 0.254 e. The molecule has 0 spiro atoms. The maximum Gasteiger partial charge on any atom is 0.254 e. The maximum absolute atomic E-state index is 13.9. The quantitative estimate of drug-likeness (QED) is 0.761. The first kappa shape index (κ1) is 18.4. The molecule has 4 rings (SSSR count). The summed E-state index contributed by atoms with van der Waals surface area (Å²) in [4.78, 5) is 31.8. The number of halogens is 1. The third kappa shape index (κ3) is 3.82. The molecule has 28 heavy (non-hydrogen) atoms. The van der Waals surface area contributed by atoms with Gasteiger partial charge in [-0.15, -0.1) is 0 Å². The second kappa shape index (κ2) is 7.94. The lowest BCUT2D eigenvalue weighted by Gasteiger charge is -2.22. The van der Waals surface area contributed by atoms with Gasteiger partial charge in [0.2, 0.25) is 5.56 Å². The molecule has 144 valence electrons. The van der Waals surface area contributed by atoms with Crippen LogP contribution in [0.1, 0.15) is 22.3 Å². The zero-order valence-electron chi connectivity index (χ0n) is 15.5. The van der Waals surface area contributed by atoms with Crippen molar-refractivity contribution < 1.29 is 9.18 Å². The number of aromatic nitrogens is 1. The number of carbonyl (C=O) groups excluding carboxylic acids is 1. The molecule has 1 saturated heterocycles. The molecule has 3 aromatic rings. The van der Waals surface area contributed by atoms with Crippen molar-refractivity contribution in [3.05, 3.63) is 81.9 Å². The fourth-order valence-electron chi connectivity index (χ4n) is 3.75. The van der Waals surface area contributed by atoms with E-state index in [9.17, 15) is 14.0 Å². The lowest BCUT2D eigenvalue weighted by atomic mass is 10.1. The largest absolute Gasteiger partial charge is 0.337 e. The number of para-hydroxylation sites is 1. The van der Waals surface area contributed by atoms with Crippen molar-refractivity contribution in [1.82, 2.24) is 14.8 Å². The van der Waals surface area contributed by atoms with Gasteiger partial charge in [0, 0.05) is 55.3 Å². The third-order valence-electron chi connectivity index (χ3n) is 5.21. The minimum Gasteiger partial charge on any atom is -0.337 e. The first-order valence-electron chi connectivity index (χ1n) is 9.49. The second-order valence-corrected chi connectivity index (χ2v) is 7.11. The van der Waals surface area contributed by atoms with Gasteiger partial charge < -0.3 is 9.88 Å². The van der Waals surface area contributed by atoms with E-state index in [2.05, 4.69) is 9.88 Å². The molecule has 1 N–H and O–H groups in total. The van der Waals surface area contributed by atoms with Gasteiger partial charge in [-0.3, -0.25) is 14.5 Å². The fraction of sp³-hybridized carbons (Fsp3) is 0.273. The number of carbonyl (C=O) groups is 1. The SMILES string of the molecule is O=C(c1cc(=O)[nH]c2ccccc12)N1CCCN(Cc2ccccc2F)CC1. The Morgan fingerprint density at radius 1 is 1.00 bits per heavy atom. The zero-order chi connectivity index (χ0) is 19.5. The number of nitrogens with one attached hydrogen (secondary N) is 1. The summed E-state index contributed by atoms with van der Waals surface area (Å²) in [5.41, 5.74) is 1.48. The average molecular weight is 379 g/mol. The Bertz CT molecular complexity index is 1060. The number of nitrogens with zero attached hydrogens (tertiary/aromatic N) is 2. The van der Waals surface area contributed by atoms with Crippen LogP contribution in [0.4, 0.5) is 4.39 Å². The van der Waals surface area contributed by atoms with Crippen LogP contribution in [0, 0.1) is 5.82 Å². The number of rotatable bonds is 3. The highest BCUT2D eigenvalue weighted by atomic mass is 19.1. The van der Waals surface area contributed by atoms with Gasteiger partial charge in [-0.1, -0.05) is 36.4 Å². The van der Waals surface area contributed by atoms with E-state index in [1.807, 2.05) is 24.3 Å². The van der Waals surface area contributed by atoms with Crippen LogP contribution in [0.2, 0.25) is 0 Å². The van der Waals surface area contributed by atoms with Gasteiger partial charge in [-0.2, -0.15) is 0 Å². The molecule has 0 atom stereocenters. The molecular weight excluding hydrogens is 357 g/mol. The summed E-state index contributed by atoms with van der Waals surface area (Å²) < 4.78 is 13.9. The van der Waals surface area contributed by atoms with E-state index in [4.69, 9.17) is 0 Å². The van der Waals surface area contributed by atoms with Crippen LogP contribution in [0.3, 0.4) is 0 Å². The molecule has 1 fully saturated rings. The summed E-state index contributed by atoms with van der Waals surface area (Å²) in [5.74, 6) is -0.329. The molecular formula is C22H22FN3O2. The number of fused-ring (bicyclic) bond motifs is 1. The van der Waals surface area contributed by atoms with Crippen molar-refractivity contribution in [1.29, 1.82) is 0 Å². The molecule has 5 nitrogen and oxygen atoms in total. The number of hydrogen-bond acceptors (Lipinski definition) is 3. The fourth-order valence-corrected chi connectivity index (χ4v) is 3.75. The van der Waals surface area contributed by atoms with E-state index in [-0.39, 0.29) is 17.3 Å². The Morgan fingerprint density at radius 3 is 2.64 bits per heavy atom. The van der Waals surface area contributed by atoms with Crippen LogP contribution in [-0.4, -0.2) is 46.9 Å². The predicted molar refractivity (Wildman–Crippen MR) is 107 cm³/mol. The van der Waals surface area contributed by atoms with Crippen molar-refractivity contribution in [2.75, 3.05) is 26.2 Å². The highest BCUT2D eigenvalue weighted by Gasteiger charge is 2.22. The van der Waals surface area contributed by atoms with Gasteiger partial charge in [0.25, 0.3) is 5.91 Å². The Balaban J connectivity index is 1.51. The van der Waals surface area contributed by atoms with Gasteiger partial charge in [-0.05, 0) is 18.6 Å². The molecule has 0 unspecified atom stereocenters. The van der Waals surface area contributed by atoms with Gasteiger partial charge in [0.1, 0.15) is 5.82 Å². The van der Waals surface area contributed by atoms with Crippen molar-refractivity contribution in [2.24, 2.45) is 0 Å². The van der Waals surface area contributed by atoms with Crippen LogP contribution in [-0.2, 0) is 6.54 Å². The molecule has 2 heterocycles. The molecule has 1 aliphatic heterocycles. The topological polar surface area (TPSA) is 56.4 Å². The van der Waals surface area contributed by atoms with Crippen molar-refractivity contribution in [2.45, 2.75) is 13.0 Å². The number of aromatic amines is 1. The van der Waals surface area contributed by atoms with Gasteiger partial charge in [-0.25, -0.2) is 4.39 Å². The minimum atomic E-state index is -0.280. The summed E-state index contributed by atoms with van der Waals surface area (Å²) in [6.07, 6.45) is 0.807. The number of pyridine rings is 1. The third-order valence-corrected chi connectivity index (χ3v) is 5.21. The molecule has 1 aromatic heterocycles. The Hall–Kier alpha value is -2.99. The standard InChI is InChI=1S/C22H22FN3O2/c23-19-8-3-1-6-16(19)15-25-10-5-11-26(13-12-25)22(28)18-14-21(27)24-20-9-4-2-7-17(18)20/h1-4,6-9,14H,5,10-13,15H2,(H,24,27). The van der Waals surface area contributed by atoms with Crippen molar-refractivity contribution >= 4 is 16.8 Å². The molecule has 1 amide bonds. The van der Waals surface area contributed by atoms with E-state index in [1.165, 1.54) is 12.1 Å². The predicted octanol–water partition coefficient (Wildman–Crippen LogP) is 3.02. The molecule has 0 radical (unpaired) electrons. The lowest BCUT2D eigenvalue weighted by molar-refractivity contribution is 0.0763.